The van der Waals surface area contributed by atoms with Gasteiger partial charge in [-0.05, 0) is 19.1 Å². The molecule has 14 heavy (non-hydrogen) atoms. The summed E-state index contributed by atoms with van der Waals surface area (Å²) in [5, 5.41) is 0. The lowest BCUT2D eigenvalue weighted by Gasteiger charge is -1.97. The van der Waals surface area contributed by atoms with Gasteiger partial charge in [0.25, 0.3) is 5.95 Å². The van der Waals surface area contributed by atoms with Crippen LogP contribution < -0.4 is 4.74 Å². The third kappa shape index (κ3) is 1.54. The Morgan fingerprint density at radius 3 is 2.71 bits per heavy atom. The molecule has 0 N–H and O–H groups in total. The quantitative estimate of drug-likeness (QED) is 0.685. The van der Waals surface area contributed by atoms with Gasteiger partial charge in [0.2, 0.25) is 5.76 Å². The van der Waals surface area contributed by atoms with Crippen molar-refractivity contribution in [3.8, 4) is 5.95 Å². The Morgan fingerprint density at radius 2 is 2.14 bits per heavy atom. The first kappa shape index (κ1) is 8.62. The van der Waals surface area contributed by atoms with Crippen LogP contribution in [0.15, 0.2) is 39.6 Å². The highest BCUT2D eigenvalue weighted by Gasteiger charge is 2.15. The van der Waals surface area contributed by atoms with Crippen LogP contribution in [0.5, 0.6) is 5.95 Å². The summed E-state index contributed by atoms with van der Waals surface area (Å²) in [6, 6.07) is 4.88. The zero-order chi connectivity index (χ0) is 9.97. The fraction of sp³-hybridized carbons (Fsp3) is 0.100. The highest BCUT2D eigenvalue weighted by atomic mass is 16.6. The Bertz CT molecular complexity index is 425. The monoisotopic (exact) mass is 192 g/mol. The summed E-state index contributed by atoms with van der Waals surface area (Å²) in [7, 11) is 0. The Morgan fingerprint density at radius 1 is 1.29 bits per heavy atom. The summed E-state index contributed by atoms with van der Waals surface area (Å²) in [5.74, 6) is -0.199. The summed E-state index contributed by atoms with van der Waals surface area (Å²) < 4.78 is 14.7. The molecular formula is C10H8O4. The van der Waals surface area contributed by atoms with E-state index in [2.05, 4.69) is 0 Å². The number of hydrogen-bond acceptors (Lipinski definition) is 4. The van der Waals surface area contributed by atoms with Crippen LogP contribution in [0.2, 0.25) is 0 Å². The Kier molecular flexibility index (Phi) is 2.10. The molecule has 2 aromatic heterocycles. The van der Waals surface area contributed by atoms with Gasteiger partial charge >= 0.3 is 5.97 Å². The predicted molar refractivity (Wildman–Crippen MR) is 47.1 cm³/mol. The van der Waals surface area contributed by atoms with E-state index in [0.29, 0.717) is 0 Å². The molecule has 0 saturated carbocycles. The molecule has 0 aliphatic carbocycles. The maximum Gasteiger partial charge on any atom is 0.382 e. The van der Waals surface area contributed by atoms with E-state index in [1.165, 1.54) is 12.5 Å². The zero-order valence-electron chi connectivity index (χ0n) is 7.52. The van der Waals surface area contributed by atoms with Crippen molar-refractivity contribution in [2.45, 2.75) is 6.92 Å². The Hall–Kier alpha value is -1.97. The van der Waals surface area contributed by atoms with Gasteiger partial charge in [0.05, 0.1) is 12.5 Å². The lowest BCUT2D eigenvalue weighted by Crippen LogP contribution is -2.07. The number of ether oxygens (including phenoxy) is 1. The van der Waals surface area contributed by atoms with Crippen LogP contribution in [0.3, 0.4) is 0 Å². The Balaban J connectivity index is 2.14. The molecule has 0 spiro atoms. The summed E-state index contributed by atoms with van der Waals surface area (Å²) in [5.41, 5.74) is 0.738. The molecule has 2 aromatic rings. The van der Waals surface area contributed by atoms with Gasteiger partial charge in [-0.1, -0.05) is 0 Å². The van der Waals surface area contributed by atoms with Crippen molar-refractivity contribution in [1.29, 1.82) is 0 Å². The van der Waals surface area contributed by atoms with Crippen LogP contribution in [0, 0.1) is 6.92 Å². The molecule has 0 aliphatic rings. The van der Waals surface area contributed by atoms with Crippen LogP contribution in [-0.4, -0.2) is 5.97 Å². The minimum absolute atomic E-state index is 0.158. The van der Waals surface area contributed by atoms with E-state index >= 15 is 0 Å². The van der Waals surface area contributed by atoms with E-state index in [9.17, 15) is 4.79 Å². The van der Waals surface area contributed by atoms with Gasteiger partial charge in [0.15, 0.2) is 0 Å². The number of aryl methyl sites for hydroxylation is 1. The van der Waals surface area contributed by atoms with Crippen molar-refractivity contribution in [2.75, 3.05) is 0 Å². The highest BCUT2D eigenvalue weighted by Crippen LogP contribution is 2.15. The van der Waals surface area contributed by atoms with Crippen molar-refractivity contribution in [3.05, 3.63) is 42.0 Å². The minimum atomic E-state index is -0.553. The molecule has 4 heteroatoms. The second-order valence-electron chi connectivity index (χ2n) is 2.75. The van der Waals surface area contributed by atoms with Gasteiger partial charge in [-0.15, -0.1) is 0 Å². The number of rotatable bonds is 2. The van der Waals surface area contributed by atoms with E-state index in [4.69, 9.17) is 13.6 Å². The van der Waals surface area contributed by atoms with Crippen molar-refractivity contribution in [2.24, 2.45) is 0 Å². The normalized spacial score (nSPS) is 10.1. The number of carbonyl (C=O) groups excluding carboxylic acids is 1. The second-order valence-corrected chi connectivity index (χ2v) is 2.75. The molecule has 0 aliphatic heterocycles. The molecule has 72 valence electrons. The van der Waals surface area contributed by atoms with Crippen LogP contribution in [0.1, 0.15) is 16.1 Å². The molecular weight excluding hydrogens is 184 g/mol. The fourth-order valence-corrected chi connectivity index (χ4v) is 1.04. The number of furan rings is 2. The van der Waals surface area contributed by atoms with E-state index < -0.39 is 5.97 Å². The SMILES string of the molecule is Cc1ccoc1C(=O)Oc1ccco1. The largest absolute Gasteiger partial charge is 0.457 e. The lowest BCUT2D eigenvalue weighted by molar-refractivity contribution is 0.0659. The first-order valence-electron chi connectivity index (χ1n) is 4.07. The zero-order valence-corrected chi connectivity index (χ0v) is 7.52. The van der Waals surface area contributed by atoms with Crippen molar-refractivity contribution < 1.29 is 18.4 Å². The van der Waals surface area contributed by atoms with Gasteiger partial charge in [0.1, 0.15) is 0 Å². The number of hydrogen-bond donors (Lipinski definition) is 0. The average Bonchev–Trinajstić information content (AvgIpc) is 2.75. The van der Waals surface area contributed by atoms with Gasteiger partial charge in [-0.25, -0.2) is 4.79 Å². The highest BCUT2D eigenvalue weighted by molar-refractivity contribution is 5.89. The van der Waals surface area contributed by atoms with E-state index in [-0.39, 0.29) is 11.7 Å². The number of carbonyl (C=O) groups is 1. The first-order chi connectivity index (χ1) is 6.77. The third-order valence-corrected chi connectivity index (χ3v) is 1.74. The summed E-state index contributed by atoms with van der Waals surface area (Å²) >= 11 is 0. The van der Waals surface area contributed by atoms with Crippen molar-refractivity contribution in [1.82, 2.24) is 0 Å². The van der Waals surface area contributed by atoms with Crippen LogP contribution in [0.25, 0.3) is 0 Å². The summed E-state index contributed by atoms with van der Waals surface area (Å²) in [4.78, 5) is 11.4. The van der Waals surface area contributed by atoms with Gasteiger partial charge in [0, 0.05) is 11.6 Å². The molecule has 0 saturated heterocycles. The molecule has 0 amide bonds. The molecule has 4 nitrogen and oxygen atoms in total. The van der Waals surface area contributed by atoms with Crippen LogP contribution in [-0.2, 0) is 0 Å². The first-order valence-corrected chi connectivity index (χ1v) is 4.07. The standard InChI is InChI=1S/C10H8O4/c1-7-4-6-13-9(7)10(11)14-8-3-2-5-12-8/h2-6H,1H3. The maximum absolute atomic E-state index is 11.4. The van der Waals surface area contributed by atoms with Gasteiger partial charge < -0.3 is 13.6 Å². The van der Waals surface area contributed by atoms with Gasteiger partial charge in [-0.3, -0.25) is 0 Å². The second kappa shape index (κ2) is 3.41. The topological polar surface area (TPSA) is 52.6 Å². The van der Waals surface area contributed by atoms with E-state index in [1.54, 1.807) is 25.1 Å². The third-order valence-electron chi connectivity index (χ3n) is 1.74. The fourth-order valence-electron chi connectivity index (χ4n) is 1.04. The van der Waals surface area contributed by atoms with Gasteiger partial charge in [-0.2, -0.15) is 0 Å². The molecule has 0 atom stereocenters. The minimum Gasteiger partial charge on any atom is -0.457 e. The van der Waals surface area contributed by atoms with Crippen LogP contribution in [0.4, 0.5) is 0 Å². The molecule has 0 radical (unpaired) electrons. The molecule has 0 fully saturated rings. The molecule has 2 heterocycles. The Labute approximate surface area is 80.1 Å². The van der Waals surface area contributed by atoms with Crippen molar-refractivity contribution >= 4 is 5.97 Å². The van der Waals surface area contributed by atoms with E-state index in [1.807, 2.05) is 0 Å². The van der Waals surface area contributed by atoms with E-state index in [0.717, 1.165) is 5.56 Å². The molecule has 0 unspecified atom stereocenters. The van der Waals surface area contributed by atoms with Crippen molar-refractivity contribution in [3.63, 3.8) is 0 Å². The number of esters is 1. The summed E-state index contributed by atoms with van der Waals surface area (Å²) in [6.45, 7) is 1.77. The maximum atomic E-state index is 11.4. The molecule has 2 rings (SSSR count). The smallest absolute Gasteiger partial charge is 0.382 e. The molecule has 0 aromatic carbocycles. The summed E-state index contributed by atoms with van der Waals surface area (Å²) in [6.07, 6.45) is 2.87. The molecule has 0 bridgehead atoms. The predicted octanol–water partition coefficient (Wildman–Crippen LogP) is 2.40. The average molecular weight is 192 g/mol. The van der Waals surface area contributed by atoms with Crippen LogP contribution >= 0.6 is 0 Å². The lowest BCUT2D eigenvalue weighted by atomic mass is 10.3.